The molecule has 0 aromatic heterocycles. The van der Waals surface area contributed by atoms with Crippen molar-refractivity contribution in [2.45, 2.75) is 49.7 Å². The summed E-state index contributed by atoms with van der Waals surface area (Å²) in [6, 6.07) is 0. The van der Waals surface area contributed by atoms with Crippen molar-refractivity contribution >= 4 is 0 Å². The smallest absolute Gasteiger partial charge is 0.101 e. The van der Waals surface area contributed by atoms with E-state index in [9.17, 15) is 10.2 Å². The summed E-state index contributed by atoms with van der Waals surface area (Å²) in [5, 5.41) is 21.3. The van der Waals surface area contributed by atoms with Gasteiger partial charge < -0.3 is 10.2 Å². The van der Waals surface area contributed by atoms with Gasteiger partial charge >= 0.3 is 0 Å². The van der Waals surface area contributed by atoms with Crippen LogP contribution in [0.2, 0.25) is 0 Å². The maximum atomic E-state index is 10.6. The molecule has 2 atom stereocenters. The molecule has 0 radical (unpaired) electrons. The molecule has 2 nitrogen and oxygen atoms in total. The van der Waals surface area contributed by atoms with Gasteiger partial charge in [0.2, 0.25) is 0 Å². The van der Waals surface area contributed by atoms with Gasteiger partial charge in [0.15, 0.2) is 0 Å². The molecule has 0 bridgehead atoms. The van der Waals surface area contributed by atoms with Gasteiger partial charge in [0.25, 0.3) is 0 Å². The molecule has 0 heterocycles. The largest absolute Gasteiger partial charge is 0.386 e. The van der Waals surface area contributed by atoms with Gasteiger partial charge in [0.1, 0.15) is 11.2 Å². The Bertz CT molecular complexity index is 369. The van der Waals surface area contributed by atoms with Crippen LogP contribution < -0.4 is 0 Å². The Balaban J connectivity index is 1.98. The predicted molar refractivity (Wildman–Crippen MR) is 62.9 cm³/mol. The van der Waals surface area contributed by atoms with Gasteiger partial charge in [-0.05, 0) is 25.7 Å². The lowest BCUT2D eigenvalue weighted by Crippen LogP contribution is -2.57. The fraction of sp³-hybridized carbons (Fsp3) is 0.571. The highest BCUT2D eigenvalue weighted by molar-refractivity contribution is 5.34. The van der Waals surface area contributed by atoms with Gasteiger partial charge in [0, 0.05) is 12.8 Å². The number of rotatable bonds is 0. The molecule has 0 aliphatic heterocycles. The first-order valence-corrected chi connectivity index (χ1v) is 6.08. The fourth-order valence-corrected chi connectivity index (χ4v) is 3.25. The highest BCUT2D eigenvalue weighted by atomic mass is 16.4. The van der Waals surface area contributed by atoms with E-state index >= 15 is 0 Å². The van der Waals surface area contributed by atoms with Gasteiger partial charge in [-0.2, -0.15) is 0 Å². The second-order valence-corrected chi connectivity index (χ2v) is 5.38. The highest BCUT2D eigenvalue weighted by Crippen LogP contribution is 2.49. The van der Waals surface area contributed by atoms with Crippen molar-refractivity contribution < 1.29 is 10.2 Å². The van der Waals surface area contributed by atoms with Crippen molar-refractivity contribution in [3.05, 3.63) is 35.5 Å². The van der Waals surface area contributed by atoms with Crippen LogP contribution in [0.5, 0.6) is 0 Å². The van der Waals surface area contributed by atoms with Crippen molar-refractivity contribution in [3.63, 3.8) is 0 Å². The molecule has 0 saturated carbocycles. The number of allylic oxidation sites excluding steroid dienone is 2. The quantitative estimate of drug-likeness (QED) is 0.612. The lowest BCUT2D eigenvalue weighted by atomic mass is 9.63. The zero-order valence-electron chi connectivity index (χ0n) is 9.45. The van der Waals surface area contributed by atoms with E-state index in [2.05, 4.69) is 12.2 Å². The summed E-state index contributed by atoms with van der Waals surface area (Å²) < 4.78 is 0. The first kappa shape index (κ1) is 10.3. The van der Waals surface area contributed by atoms with Crippen LogP contribution in [0.25, 0.3) is 0 Å². The van der Waals surface area contributed by atoms with Gasteiger partial charge in [0.05, 0.1) is 0 Å². The predicted octanol–water partition coefficient (Wildman–Crippen LogP) is 2.24. The normalized spacial score (nSPS) is 41.9. The van der Waals surface area contributed by atoms with Gasteiger partial charge in [-0.1, -0.05) is 35.5 Å². The first-order valence-electron chi connectivity index (χ1n) is 6.08. The van der Waals surface area contributed by atoms with Crippen LogP contribution in [-0.2, 0) is 0 Å². The van der Waals surface area contributed by atoms with Gasteiger partial charge in [-0.3, -0.25) is 0 Å². The maximum absolute atomic E-state index is 10.6. The van der Waals surface area contributed by atoms with Gasteiger partial charge in [-0.25, -0.2) is 0 Å². The third-order valence-corrected chi connectivity index (χ3v) is 4.35. The van der Waals surface area contributed by atoms with E-state index in [4.69, 9.17) is 0 Å². The molecular formula is C14H18O2. The molecule has 0 saturated heterocycles. The molecule has 16 heavy (non-hydrogen) atoms. The Morgan fingerprint density at radius 2 is 1.19 bits per heavy atom. The second-order valence-electron chi connectivity index (χ2n) is 5.38. The SMILES string of the molecule is O[C@]12CC=CC[C@]1(O)CC1=C(CC=CC1)C2. The monoisotopic (exact) mass is 218 g/mol. The maximum Gasteiger partial charge on any atom is 0.101 e. The molecule has 86 valence electrons. The molecular weight excluding hydrogens is 200 g/mol. The summed E-state index contributed by atoms with van der Waals surface area (Å²) in [6.45, 7) is 0. The average molecular weight is 218 g/mol. The van der Waals surface area contributed by atoms with Crippen LogP contribution >= 0.6 is 0 Å². The van der Waals surface area contributed by atoms with Crippen molar-refractivity contribution in [2.24, 2.45) is 0 Å². The molecule has 0 fully saturated rings. The molecule has 2 heteroatoms. The zero-order chi connectivity index (χ0) is 11.2. The Labute approximate surface area is 96.0 Å². The Kier molecular flexibility index (Phi) is 2.13. The van der Waals surface area contributed by atoms with Crippen LogP contribution in [0.3, 0.4) is 0 Å². The number of hydrogen-bond donors (Lipinski definition) is 2. The molecule has 0 aromatic carbocycles. The highest BCUT2D eigenvalue weighted by Gasteiger charge is 2.52. The first-order chi connectivity index (χ1) is 7.63. The Hall–Kier alpha value is -0.860. The molecule has 0 spiro atoms. The minimum absolute atomic E-state index is 0.587. The lowest BCUT2D eigenvalue weighted by molar-refractivity contribution is -0.157. The summed E-state index contributed by atoms with van der Waals surface area (Å²) in [4.78, 5) is 0. The molecule has 0 amide bonds. The van der Waals surface area contributed by atoms with Crippen LogP contribution in [0.4, 0.5) is 0 Å². The standard InChI is InChI=1S/C14H18O2/c15-13-7-3-4-8-14(13,16)10-12-6-2-1-5-11(12)9-13/h1-4,15-16H,5-10H2/t13-,14-/m0/s1. The topological polar surface area (TPSA) is 40.5 Å². The second kappa shape index (κ2) is 3.31. The summed E-state index contributed by atoms with van der Waals surface area (Å²) in [7, 11) is 0. The Morgan fingerprint density at radius 1 is 0.750 bits per heavy atom. The van der Waals surface area contributed by atoms with Crippen LogP contribution in [0.1, 0.15) is 38.5 Å². The number of fused-ring (bicyclic) bond motifs is 1. The van der Waals surface area contributed by atoms with Crippen LogP contribution in [-0.4, -0.2) is 21.4 Å². The van der Waals surface area contributed by atoms with E-state index < -0.39 is 11.2 Å². The lowest BCUT2D eigenvalue weighted by Gasteiger charge is -2.50. The van der Waals surface area contributed by atoms with E-state index in [1.807, 2.05) is 12.2 Å². The van der Waals surface area contributed by atoms with Crippen molar-refractivity contribution in [1.29, 1.82) is 0 Å². The average Bonchev–Trinajstić information content (AvgIpc) is 2.26. The van der Waals surface area contributed by atoms with Crippen LogP contribution in [0, 0.1) is 0 Å². The van der Waals surface area contributed by atoms with E-state index in [-0.39, 0.29) is 0 Å². The Morgan fingerprint density at radius 3 is 1.62 bits per heavy atom. The molecule has 3 rings (SSSR count). The van der Waals surface area contributed by atoms with E-state index in [1.54, 1.807) is 0 Å². The number of hydrogen-bond acceptors (Lipinski definition) is 2. The molecule has 2 N–H and O–H groups in total. The molecule has 3 aliphatic carbocycles. The van der Waals surface area contributed by atoms with Crippen molar-refractivity contribution in [2.75, 3.05) is 0 Å². The van der Waals surface area contributed by atoms with Crippen molar-refractivity contribution in [1.82, 2.24) is 0 Å². The minimum Gasteiger partial charge on any atom is -0.386 e. The summed E-state index contributed by atoms with van der Waals surface area (Å²) >= 11 is 0. The molecule has 0 aromatic rings. The summed E-state index contributed by atoms with van der Waals surface area (Å²) in [5.74, 6) is 0. The summed E-state index contributed by atoms with van der Waals surface area (Å²) in [5.41, 5.74) is 0.854. The number of aliphatic hydroxyl groups is 2. The molecule has 0 unspecified atom stereocenters. The van der Waals surface area contributed by atoms with E-state index in [0.717, 1.165) is 12.8 Å². The third-order valence-electron chi connectivity index (χ3n) is 4.35. The third kappa shape index (κ3) is 1.33. The van der Waals surface area contributed by atoms with E-state index in [0.29, 0.717) is 25.7 Å². The van der Waals surface area contributed by atoms with Crippen LogP contribution in [0.15, 0.2) is 35.5 Å². The molecule has 3 aliphatic rings. The zero-order valence-corrected chi connectivity index (χ0v) is 9.45. The van der Waals surface area contributed by atoms with Gasteiger partial charge in [-0.15, -0.1) is 0 Å². The fourth-order valence-electron chi connectivity index (χ4n) is 3.25. The summed E-state index contributed by atoms with van der Waals surface area (Å²) in [6.07, 6.45) is 12.7. The minimum atomic E-state index is -0.925. The van der Waals surface area contributed by atoms with E-state index in [1.165, 1.54) is 11.1 Å². The van der Waals surface area contributed by atoms with Crippen molar-refractivity contribution in [3.8, 4) is 0 Å².